The Labute approximate surface area is 135 Å². The molecule has 0 radical (unpaired) electrons. The van der Waals surface area contributed by atoms with Crippen LogP contribution in [0.5, 0.6) is 11.5 Å². The standard InChI is InChI=1S/C17H22N2O4/c1-11-4-2-3-5-13(11)19-17(21)16(20)18-12-6-7-14-15(10-12)23-9-8-22-14/h6-7,10-11,13H,2-5,8-9H2,1H3,(H,18,20)(H,19,21)/t11-,13-/m1/s1. The normalized spacial score (nSPS) is 23.0. The molecule has 0 aromatic heterocycles. The van der Waals surface area contributed by atoms with Crippen LogP contribution < -0.4 is 20.1 Å². The van der Waals surface area contributed by atoms with Gasteiger partial charge in [0.2, 0.25) is 0 Å². The zero-order chi connectivity index (χ0) is 16.2. The van der Waals surface area contributed by atoms with E-state index in [-0.39, 0.29) is 6.04 Å². The summed E-state index contributed by atoms with van der Waals surface area (Å²) in [6.07, 6.45) is 4.31. The predicted octanol–water partition coefficient (Wildman–Crippen LogP) is 2.09. The summed E-state index contributed by atoms with van der Waals surface area (Å²) in [7, 11) is 0. The Morgan fingerprint density at radius 3 is 2.57 bits per heavy atom. The molecule has 124 valence electrons. The van der Waals surface area contributed by atoms with Crippen molar-refractivity contribution < 1.29 is 19.1 Å². The second-order valence-corrected chi connectivity index (χ2v) is 6.15. The van der Waals surface area contributed by atoms with Crippen LogP contribution in [-0.4, -0.2) is 31.1 Å². The number of ether oxygens (including phenoxy) is 2. The van der Waals surface area contributed by atoms with Crippen molar-refractivity contribution in [3.05, 3.63) is 18.2 Å². The van der Waals surface area contributed by atoms with Gasteiger partial charge in [-0.15, -0.1) is 0 Å². The van der Waals surface area contributed by atoms with Gasteiger partial charge in [0.05, 0.1) is 0 Å². The number of nitrogens with one attached hydrogen (secondary N) is 2. The molecule has 1 aliphatic heterocycles. The van der Waals surface area contributed by atoms with Gasteiger partial charge in [-0.3, -0.25) is 9.59 Å². The number of fused-ring (bicyclic) bond motifs is 1. The lowest BCUT2D eigenvalue weighted by Gasteiger charge is -2.29. The third-order valence-corrected chi connectivity index (χ3v) is 4.43. The van der Waals surface area contributed by atoms with Crippen LogP contribution in [0.15, 0.2) is 18.2 Å². The average Bonchev–Trinajstić information content (AvgIpc) is 2.56. The van der Waals surface area contributed by atoms with Crippen LogP contribution in [0, 0.1) is 5.92 Å². The van der Waals surface area contributed by atoms with Gasteiger partial charge in [-0.25, -0.2) is 0 Å². The minimum Gasteiger partial charge on any atom is -0.486 e. The van der Waals surface area contributed by atoms with Crippen molar-refractivity contribution >= 4 is 17.5 Å². The summed E-state index contributed by atoms with van der Waals surface area (Å²) in [5.41, 5.74) is 0.520. The molecule has 3 rings (SSSR count). The number of carbonyl (C=O) groups excluding carboxylic acids is 2. The number of rotatable bonds is 2. The minimum absolute atomic E-state index is 0.0854. The number of anilines is 1. The maximum absolute atomic E-state index is 12.1. The minimum atomic E-state index is -0.653. The number of amides is 2. The highest BCUT2D eigenvalue weighted by Gasteiger charge is 2.25. The SMILES string of the molecule is C[C@@H]1CCCC[C@H]1NC(=O)C(=O)Nc1ccc2c(c1)OCCO2. The molecule has 0 bridgehead atoms. The molecule has 2 atom stereocenters. The Morgan fingerprint density at radius 1 is 1.04 bits per heavy atom. The number of hydrogen-bond donors (Lipinski definition) is 2. The van der Waals surface area contributed by atoms with Crippen LogP contribution in [0.1, 0.15) is 32.6 Å². The van der Waals surface area contributed by atoms with E-state index >= 15 is 0 Å². The molecule has 0 spiro atoms. The molecular weight excluding hydrogens is 296 g/mol. The van der Waals surface area contributed by atoms with Gasteiger partial charge in [0.1, 0.15) is 13.2 Å². The van der Waals surface area contributed by atoms with Gasteiger partial charge in [-0.2, -0.15) is 0 Å². The van der Waals surface area contributed by atoms with Crippen molar-refractivity contribution in [1.82, 2.24) is 5.32 Å². The largest absolute Gasteiger partial charge is 0.486 e. The Morgan fingerprint density at radius 2 is 1.78 bits per heavy atom. The maximum Gasteiger partial charge on any atom is 0.313 e. The highest BCUT2D eigenvalue weighted by Crippen LogP contribution is 2.32. The first-order valence-electron chi connectivity index (χ1n) is 8.15. The van der Waals surface area contributed by atoms with Gasteiger partial charge in [-0.1, -0.05) is 19.8 Å². The van der Waals surface area contributed by atoms with E-state index in [9.17, 15) is 9.59 Å². The highest BCUT2D eigenvalue weighted by atomic mass is 16.6. The van der Waals surface area contributed by atoms with Crippen molar-refractivity contribution in [2.45, 2.75) is 38.6 Å². The summed E-state index contributed by atoms with van der Waals surface area (Å²) >= 11 is 0. The first-order valence-corrected chi connectivity index (χ1v) is 8.15. The Bertz CT molecular complexity index is 602. The monoisotopic (exact) mass is 318 g/mol. The quantitative estimate of drug-likeness (QED) is 0.819. The molecule has 2 amide bonds. The third-order valence-electron chi connectivity index (χ3n) is 4.43. The van der Waals surface area contributed by atoms with Gasteiger partial charge in [0.25, 0.3) is 0 Å². The van der Waals surface area contributed by atoms with Crippen molar-refractivity contribution in [3.8, 4) is 11.5 Å². The molecule has 23 heavy (non-hydrogen) atoms. The summed E-state index contributed by atoms with van der Waals surface area (Å²) in [6.45, 7) is 3.11. The predicted molar refractivity (Wildman–Crippen MR) is 85.6 cm³/mol. The molecule has 1 fully saturated rings. The fraction of sp³-hybridized carbons (Fsp3) is 0.529. The molecule has 1 heterocycles. The second kappa shape index (κ2) is 6.89. The molecule has 6 nitrogen and oxygen atoms in total. The van der Waals surface area contributed by atoms with E-state index in [0.29, 0.717) is 36.3 Å². The Balaban J connectivity index is 1.58. The molecule has 2 N–H and O–H groups in total. The van der Waals surface area contributed by atoms with Gasteiger partial charge in [0, 0.05) is 17.8 Å². The Kier molecular flexibility index (Phi) is 4.69. The average molecular weight is 318 g/mol. The summed E-state index contributed by atoms with van der Waals surface area (Å²) in [4.78, 5) is 24.1. The van der Waals surface area contributed by atoms with Gasteiger partial charge in [-0.05, 0) is 30.9 Å². The fourth-order valence-electron chi connectivity index (χ4n) is 3.07. The third kappa shape index (κ3) is 3.75. The first-order chi connectivity index (χ1) is 11.1. The zero-order valence-corrected chi connectivity index (χ0v) is 13.3. The Hall–Kier alpha value is -2.24. The van der Waals surface area contributed by atoms with E-state index in [0.717, 1.165) is 19.3 Å². The van der Waals surface area contributed by atoms with Crippen LogP contribution in [0.4, 0.5) is 5.69 Å². The molecular formula is C17H22N2O4. The van der Waals surface area contributed by atoms with E-state index in [4.69, 9.17) is 9.47 Å². The maximum atomic E-state index is 12.1. The lowest BCUT2D eigenvalue weighted by Crippen LogP contribution is -2.45. The zero-order valence-electron chi connectivity index (χ0n) is 13.3. The van der Waals surface area contributed by atoms with Crippen LogP contribution in [0.2, 0.25) is 0 Å². The number of benzene rings is 1. The van der Waals surface area contributed by atoms with E-state index in [1.807, 2.05) is 0 Å². The van der Waals surface area contributed by atoms with E-state index in [1.54, 1.807) is 18.2 Å². The lowest BCUT2D eigenvalue weighted by molar-refractivity contribution is -0.137. The van der Waals surface area contributed by atoms with Crippen LogP contribution in [-0.2, 0) is 9.59 Å². The number of carbonyl (C=O) groups is 2. The van der Waals surface area contributed by atoms with Crippen LogP contribution in [0.25, 0.3) is 0 Å². The summed E-state index contributed by atoms with van der Waals surface area (Å²) in [6, 6.07) is 5.18. The van der Waals surface area contributed by atoms with Crippen LogP contribution in [0.3, 0.4) is 0 Å². The molecule has 1 aromatic carbocycles. The molecule has 1 aromatic rings. The van der Waals surface area contributed by atoms with Gasteiger partial charge in [0.15, 0.2) is 11.5 Å². The topological polar surface area (TPSA) is 76.7 Å². The van der Waals surface area contributed by atoms with Gasteiger partial charge >= 0.3 is 11.8 Å². The summed E-state index contributed by atoms with van der Waals surface area (Å²) in [5.74, 6) is 0.401. The summed E-state index contributed by atoms with van der Waals surface area (Å²) < 4.78 is 10.9. The van der Waals surface area contributed by atoms with E-state index in [2.05, 4.69) is 17.6 Å². The molecule has 1 aliphatic carbocycles. The van der Waals surface area contributed by atoms with E-state index in [1.165, 1.54) is 6.42 Å². The molecule has 0 unspecified atom stereocenters. The first kappa shape index (κ1) is 15.6. The van der Waals surface area contributed by atoms with Crippen molar-refractivity contribution in [2.24, 2.45) is 5.92 Å². The fourth-order valence-corrected chi connectivity index (χ4v) is 3.07. The van der Waals surface area contributed by atoms with Crippen molar-refractivity contribution in [1.29, 1.82) is 0 Å². The number of hydrogen-bond acceptors (Lipinski definition) is 4. The van der Waals surface area contributed by atoms with Crippen molar-refractivity contribution in [2.75, 3.05) is 18.5 Å². The lowest BCUT2D eigenvalue weighted by atomic mass is 9.86. The summed E-state index contributed by atoms with van der Waals surface area (Å²) in [5, 5.41) is 5.45. The van der Waals surface area contributed by atoms with Crippen LogP contribution >= 0.6 is 0 Å². The van der Waals surface area contributed by atoms with E-state index < -0.39 is 11.8 Å². The smallest absolute Gasteiger partial charge is 0.313 e. The highest BCUT2D eigenvalue weighted by molar-refractivity contribution is 6.39. The molecule has 2 aliphatic rings. The molecule has 1 saturated carbocycles. The van der Waals surface area contributed by atoms with Crippen molar-refractivity contribution in [3.63, 3.8) is 0 Å². The molecule has 6 heteroatoms. The molecule has 0 saturated heterocycles. The second-order valence-electron chi connectivity index (χ2n) is 6.15. The van der Waals surface area contributed by atoms with Gasteiger partial charge < -0.3 is 20.1 Å².